The van der Waals surface area contributed by atoms with E-state index in [0.29, 0.717) is 34.7 Å². The molecule has 2 heterocycles. The lowest BCUT2D eigenvalue weighted by Gasteiger charge is -2.12. The van der Waals surface area contributed by atoms with E-state index in [1.807, 2.05) is 6.07 Å². The molecule has 132 valence electrons. The van der Waals surface area contributed by atoms with Crippen molar-refractivity contribution in [2.24, 2.45) is 0 Å². The summed E-state index contributed by atoms with van der Waals surface area (Å²) in [6.45, 7) is 2.15. The van der Waals surface area contributed by atoms with E-state index >= 15 is 0 Å². The van der Waals surface area contributed by atoms with Gasteiger partial charge in [-0.3, -0.25) is 4.98 Å². The van der Waals surface area contributed by atoms with Gasteiger partial charge in [0, 0.05) is 22.9 Å². The van der Waals surface area contributed by atoms with Crippen LogP contribution in [0.25, 0.3) is 22.4 Å². The third-order valence-corrected chi connectivity index (χ3v) is 3.58. The van der Waals surface area contributed by atoms with Crippen molar-refractivity contribution in [2.75, 3.05) is 6.61 Å². The van der Waals surface area contributed by atoms with E-state index in [1.54, 1.807) is 25.1 Å². The normalized spacial score (nSPS) is 11.2. The number of rotatable bonds is 4. The number of aromatic nitrogens is 4. The van der Waals surface area contributed by atoms with E-state index in [1.165, 1.54) is 6.07 Å². The van der Waals surface area contributed by atoms with Crippen molar-refractivity contribution in [3.05, 3.63) is 47.9 Å². The van der Waals surface area contributed by atoms with Gasteiger partial charge in [0.25, 0.3) is 0 Å². The SMILES string of the molecule is CCOc1cc(-c2nn[nH]c2C#N)ccc1-c1ccc(C(F)(F)F)nc1. The Hall–Kier alpha value is -3.41. The predicted molar refractivity (Wildman–Crippen MR) is 85.9 cm³/mol. The zero-order chi connectivity index (χ0) is 18.7. The Kier molecular flexibility index (Phi) is 4.58. The summed E-state index contributed by atoms with van der Waals surface area (Å²) in [7, 11) is 0. The molecule has 3 aromatic rings. The van der Waals surface area contributed by atoms with Crippen LogP contribution in [0.1, 0.15) is 18.3 Å². The van der Waals surface area contributed by atoms with Crippen molar-refractivity contribution in [3.63, 3.8) is 0 Å². The molecule has 0 atom stereocenters. The molecule has 0 radical (unpaired) electrons. The number of halogens is 3. The molecule has 1 aromatic carbocycles. The largest absolute Gasteiger partial charge is 0.493 e. The van der Waals surface area contributed by atoms with Crippen LogP contribution in [0.5, 0.6) is 5.75 Å². The van der Waals surface area contributed by atoms with E-state index in [9.17, 15) is 13.2 Å². The van der Waals surface area contributed by atoms with Crippen molar-refractivity contribution >= 4 is 0 Å². The number of pyridine rings is 1. The van der Waals surface area contributed by atoms with Crippen LogP contribution in [0.3, 0.4) is 0 Å². The monoisotopic (exact) mass is 359 g/mol. The lowest BCUT2D eigenvalue weighted by atomic mass is 10.0. The molecule has 0 fully saturated rings. The second kappa shape index (κ2) is 6.84. The molecular weight excluding hydrogens is 347 g/mol. The third-order valence-electron chi connectivity index (χ3n) is 3.58. The van der Waals surface area contributed by atoms with Crippen LogP contribution in [0.2, 0.25) is 0 Å². The topological polar surface area (TPSA) is 87.5 Å². The smallest absolute Gasteiger partial charge is 0.433 e. The molecule has 2 aromatic heterocycles. The number of ether oxygens (including phenoxy) is 1. The molecule has 26 heavy (non-hydrogen) atoms. The molecule has 0 saturated heterocycles. The third kappa shape index (κ3) is 3.35. The fourth-order valence-electron chi connectivity index (χ4n) is 2.41. The molecule has 0 saturated carbocycles. The molecule has 0 aliphatic rings. The number of H-pyrrole nitrogens is 1. The van der Waals surface area contributed by atoms with Crippen molar-refractivity contribution in [1.29, 1.82) is 5.26 Å². The summed E-state index contributed by atoms with van der Waals surface area (Å²) in [5.41, 5.74) is 1.27. The lowest BCUT2D eigenvalue weighted by Crippen LogP contribution is -2.07. The van der Waals surface area contributed by atoms with Crippen molar-refractivity contribution in [1.82, 2.24) is 20.4 Å². The number of nitrogens with one attached hydrogen (secondary N) is 1. The average molecular weight is 359 g/mol. The van der Waals surface area contributed by atoms with E-state index in [0.717, 1.165) is 12.3 Å². The zero-order valence-electron chi connectivity index (χ0n) is 13.5. The summed E-state index contributed by atoms with van der Waals surface area (Å²) < 4.78 is 43.6. The Labute approximate surface area is 146 Å². The molecule has 1 N–H and O–H groups in total. The maximum Gasteiger partial charge on any atom is 0.433 e. The number of hydrogen-bond donors (Lipinski definition) is 1. The van der Waals surface area contributed by atoms with Gasteiger partial charge in [-0.1, -0.05) is 17.3 Å². The molecule has 0 spiro atoms. The second-order valence-electron chi connectivity index (χ2n) is 5.22. The first-order valence-corrected chi connectivity index (χ1v) is 7.56. The molecule has 0 unspecified atom stereocenters. The predicted octanol–water partition coefficient (Wildman–Crippen LogP) is 3.82. The minimum Gasteiger partial charge on any atom is -0.493 e. The van der Waals surface area contributed by atoms with Crippen molar-refractivity contribution < 1.29 is 17.9 Å². The van der Waals surface area contributed by atoms with Gasteiger partial charge in [0.15, 0.2) is 5.69 Å². The van der Waals surface area contributed by atoms with Crippen LogP contribution in [0.4, 0.5) is 13.2 Å². The first-order valence-electron chi connectivity index (χ1n) is 7.56. The lowest BCUT2D eigenvalue weighted by molar-refractivity contribution is -0.141. The number of nitriles is 1. The fourth-order valence-corrected chi connectivity index (χ4v) is 2.41. The highest BCUT2D eigenvalue weighted by Crippen LogP contribution is 2.35. The Bertz CT molecular complexity index is 958. The Balaban J connectivity index is 2.04. The van der Waals surface area contributed by atoms with Gasteiger partial charge < -0.3 is 4.74 Å². The summed E-state index contributed by atoms with van der Waals surface area (Å²) in [6.07, 6.45) is -3.34. The van der Waals surface area contributed by atoms with Gasteiger partial charge in [0.2, 0.25) is 0 Å². The number of alkyl halides is 3. The number of nitrogens with zero attached hydrogens (tertiary/aromatic N) is 4. The summed E-state index contributed by atoms with van der Waals surface area (Å²) in [5, 5.41) is 19.0. The Morgan fingerprint density at radius 3 is 2.58 bits per heavy atom. The second-order valence-corrected chi connectivity index (χ2v) is 5.22. The van der Waals surface area contributed by atoms with Gasteiger partial charge in [0.05, 0.1) is 6.61 Å². The van der Waals surface area contributed by atoms with E-state index in [4.69, 9.17) is 10.00 Å². The molecule has 6 nitrogen and oxygen atoms in total. The van der Waals surface area contributed by atoms with Crippen LogP contribution >= 0.6 is 0 Å². The van der Waals surface area contributed by atoms with E-state index < -0.39 is 11.9 Å². The van der Waals surface area contributed by atoms with Gasteiger partial charge in [-0.25, -0.2) is 5.10 Å². The molecule has 0 bridgehead atoms. The van der Waals surface area contributed by atoms with Crippen LogP contribution in [-0.4, -0.2) is 27.0 Å². The van der Waals surface area contributed by atoms with Crippen molar-refractivity contribution in [3.8, 4) is 34.2 Å². The van der Waals surface area contributed by atoms with Gasteiger partial charge >= 0.3 is 6.18 Å². The zero-order valence-corrected chi connectivity index (χ0v) is 13.5. The standard InChI is InChI=1S/C17H12F3N5O/c1-2-26-14-7-10(16-13(8-21)23-25-24-16)3-5-12(14)11-4-6-15(22-9-11)17(18,19)20/h3-7,9H,2H2,1H3,(H,23,24,25). The quantitative estimate of drug-likeness (QED) is 0.765. The summed E-state index contributed by atoms with van der Waals surface area (Å²) in [5.74, 6) is 0.443. The minimum atomic E-state index is -4.49. The molecule has 0 aliphatic heterocycles. The highest BCUT2D eigenvalue weighted by Gasteiger charge is 2.32. The Morgan fingerprint density at radius 1 is 1.19 bits per heavy atom. The molecule has 0 aliphatic carbocycles. The highest BCUT2D eigenvalue weighted by molar-refractivity contribution is 5.76. The molecule has 3 rings (SSSR count). The summed E-state index contributed by atoms with van der Waals surface area (Å²) in [6, 6.07) is 9.24. The maximum atomic E-state index is 12.7. The van der Waals surface area contributed by atoms with Crippen LogP contribution < -0.4 is 4.74 Å². The average Bonchev–Trinajstić information content (AvgIpc) is 3.10. The number of hydrogen-bond acceptors (Lipinski definition) is 5. The van der Waals surface area contributed by atoms with Gasteiger partial charge in [-0.2, -0.15) is 18.4 Å². The Morgan fingerprint density at radius 2 is 1.96 bits per heavy atom. The minimum absolute atomic E-state index is 0.205. The summed E-state index contributed by atoms with van der Waals surface area (Å²) >= 11 is 0. The molecule has 0 amide bonds. The van der Waals surface area contributed by atoms with E-state index in [-0.39, 0.29) is 5.69 Å². The first-order chi connectivity index (χ1) is 12.4. The van der Waals surface area contributed by atoms with Gasteiger partial charge in [-0.15, -0.1) is 5.10 Å². The van der Waals surface area contributed by atoms with Crippen LogP contribution in [0.15, 0.2) is 36.5 Å². The number of aromatic amines is 1. The maximum absolute atomic E-state index is 12.7. The van der Waals surface area contributed by atoms with Crippen LogP contribution in [-0.2, 0) is 6.18 Å². The highest BCUT2D eigenvalue weighted by atomic mass is 19.4. The molecular formula is C17H12F3N5O. The fraction of sp³-hybridized carbons (Fsp3) is 0.176. The van der Waals surface area contributed by atoms with Gasteiger partial charge in [-0.05, 0) is 25.1 Å². The van der Waals surface area contributed by atoms with E-state index in [2.05, 4.69) is 20.4 Å². The van der Waals surface area contributed by atoms with Crippen molar-refractivity contribution in [2.45, 2.75) is 13.1 Å². The number of benzene rings is 1. The summed E-state index contributed by atoms with van der Waals surface area (Å²) in [4.78, 5) is 3.48. The molecule has 9 heteroatoms. The van der Waals surface area contributed by atoms with Gasteiger partial charge in [0.1, 0.15) is 23.2 Å². The van der Waals surface area contributed by atoms with Crippen LogP contribution in [0, 0.1) is 11.3 Å². The first kappa shape index (κ1) is 17.4.